The highest BCUT2D eigenvalue weighted by Crippen LogP contribution is 2.26. The Labute approximate surface area is 101 Å². The molecule has 2 rings (SSSR count). The number of fused-ring (bicyclic) bond motifs is 1. The number of carbonyl (C=O) groups is 1. The molecule has 0 saturated heterocycles. The van der Waals surface area contributed by atoms with Crippen LogP contribution in [0, 0.1) is 0 Å². The first-order chi connectivity index (χ1) is 7.66. The van der Waals surface area contributed by atoms with Gasteiger partial charge in [0.15, 0.2) is 0 Å². The summed E-state index contributed by atoms with van der Waals surface area (Å²) in [4.78, 5) is 14.8. The van der Waals surface area contributed by atoms with Crippen LogP contribution < -0.4 is 0 Å². The van der Waals surface area contributed by atoms with Crippen LogP contribution in [0.4, 0.5) is 0 Å². The van der Waals surface area contributed by atoms with Crippen LogP contribution in [0.3, 0.4) is 0 Å². The van der Waals surface area contributed by atoms with Gasteiger partial charge in [-0.2, -0.15) is 0 Å². The molecule has 0 fully saturated rings. The first kappa shape index (κ1) is 11.1. The topological polar surface area (TPSA) is 50.2 Å². The summed E-state index contributed by atoms with van der Waals surface area (Å²) >= 11 is 3.33. The van der Waals surface area contributed by atoms with Crippen LogP contribution in [0.15, 0.2) is 36.4 Å². The standard InChI is InChI=1S/C12H10BrNO2/c13-9(7-12(15)16)11-6-5-8-3-1-2-4-10(8)14-11/h1-6,9H,7H2,(H,15,16). The zero-order valence-electron chi connectivity index (χ0n) is 8.43. The Balaban J connectivity index is 2.35. The average Bonchev–Trinajstić information content (AvgIpc) is 2.27. The number of rotatable bonds is 3. The lowest BCUT2D eigenvalue weighted by atomic mass is 10.1. The molecule has 1 heterocycles. The van der Waals surface area contributed by atoms with E-state index in [9.17, 15) is 4.79 Å². The molecule has 16 heavy (non-hydrogen) atoms. The van der Waals surface area contributed by atoms with Crippen LogP contribution in [0.1, 0.15) is 16.9 Å². The minimum Gasteiger partial charge on any atom is -0.481 e. The van der Waals surface area contributed by atoms with E-state index >= 15 is 0 Å². The van der Waals surface area contributed by atoms with E-state index in [-0.39, 0.29) is 11.2 Å². The highest BCUT2D eigenvalue weighted by atomic mass is 79.9. The normalized spacial score (nSPS) is 12.6. The number of hydrogen-bond acceptors (Lipinski definition) is 2. The molecule has 0 aliphatic heterocycles. The van der Waals surface area contributed by atoms with Crippen molar-refractivity contribution < 1.29 is 9.90 Å². The molecular weight excluding hydrogens is 270 g/mol. The second-order valence-corrected chi connectivity index (χ2v) is 4.60. The molecule has 0 radical (unpaired) electrons. The molecule has 2 aromatic rings. The van der Waals surface area contributed by atoms with Crippen molar-refractivity contribution in [3.05, 3.63) is 42.1 Å². The Morgan fingerprint density at radius 2 is 2.06 bits per heavy atom. The van der Waals surface area contributed by atoms with Crippen LogP contribution in [-0.4, -0.2) is 16.1 Å². The van der Waals surface area contributed by atoms with Crippen molar-refractivity contribution in [2.45, 2.75) is 11.2 Å². The predicted octanol–water partition coefficient (Wildman–Crippen LogP) is 3.15. The first-order valence-corrected chi connectivity index (χ1v) is 5.80. The van der Waals surface area contributed by atoms with Crippen molar-refractivity contribution in [2.24, 2.45) is 0 Å². The number of nitrogens with zero attached hydrogens (tertiary/aromatic N) is 1. The van der Waals surface area contributed by atoms with Crippen molar-refractivity contribution in [1.82, 2.24) is 4.98 Å². The maximum atomic E-state index is 10.6. The molecule has 0 aliphatic rings. The molecule has 1 N–H and O–H groups in total. The third-order valence-corrected chi connectivity index (χ3v) is 3.09. The third-order valence-electron chi connectivity index (χ3n) is 2.29. The van der Waals surface area contributed by atoms with Gasteiger partial charge in [0, 0.05) is 5.39 Å². The molecular formula is C12H10BrNO2. The second-order valence-electron chi connectivity index (χ2n) is 3.49. The number of aliphatic carboxylic acids is 1. The van der Waals surface area contributed by atoms with Crippen molar-refractivity contribution in [1.29, 1.82) is 0 Å². The first-order valence-electron chi connectivity index (χ1n) is 4.88. The van der Waals surface area contributed by atoms with Gasteiger partial charge in [-0.05, 0) is 12.1 Å². The summed E-state index contributed by atoms with van der Waals surface area (Å²) in [5, 5.41) is 9.76. The summed E-state index contributed by atoms with van der Waals surface area (Å²) in [6.07, 6.45) is 0.0331. The van der Waals surface area contributed by atoms with Gasteiger partial charge in [0.1, 0.15) is 0 Å². The maximum absolute atomic E-state index is 10.6. The molecule has 0 amide bonds. The summed E-state index contributed by atoms with van der Waals surface area (Å²) in [5.74, 6) is -0.836. The Morgan fingerprint density at radius 3 is 2.81 bits per heavy atom. The minimum atomic E-state index is -0.836. The molecule has 1 unspecified atom stereocenters. The van der Waals surface area contributed by atoms with Crippen molar-refractivity contribution in [3.63, 3.8) is 0 Å². The summed E-state index contributed by atoms with van der Waals surface area (Å²) < 4.78 is 0. The quantitative estimate of drug-likeness (QED) is 0.879. The fraction of sp³-hybridized carbons (Fsp3) is 0.167. The molecule has 1 aromatic carbocycles. The van der Waals surface area contributed by atoms with Gasteiger partial charge < -0.3 is 5.11 Å². The van der Waals surface area contributed by atoms with Gasteiger partial charge in [-0.25, -0.2) is 0 Å². The van der Waals surface area contributed by atoms with Crippen LogP contribution in [0.2, 0.25) is 0 Å². The third kappa shape index (κ3) is 2.39. The molecule has 1 aromatic heterocycles. The number of halogens is 1. The minimum absolute atomic E-state index is 0.0331. The summed E-state index contributed by atoms with van der Waals surface area (Å²) in [6.45, 7) is 0. The van der Waals surface area contributed by atoms with Gasteiger partial charge >= 0.3 is 5.97 Å². The Kier molecular flexibility index (Phi) is 3.19. The van der Waals surface area contributed by atoms with Gasteiger partial charge in [0.05, 0.1) is 22.5 Å². The van der Waals surface area contributed by atoms with E-state index in [4.69, 9.17) is 5.11 Å². The van der Waals surface area contributed by atoms with Crippen molar-refractivity contribution >= 4 is 32.8 Å². The molecule has 0 spiro atoms. The molecule has 0 aliphatic carbocycles. The molecule has 4 heteroatoms. The van der Waals surface area contributed by atoms with E-state index in [2.05, 4.69) is 20.9 Å². The second kappa shape index (κ2) is 4.61. The Bertz CT molecular complexity index is 527. The highest BCUT2D eigenvalue weighted by molar-refractivity contribution is 9.09. The molecule has 82 valence electrons. The highest BCUT2D eigenvalue weighted by Gasteiger charge is 2.13. The smallest absolute Gasteiger partial charge is 0.304 e. The lowest BCUT2D eigenvalue weighted by Crippen LogP contribution is -2.02. The van der Waals surface area contributed by atoms with Crippen molar-refractivity contribution in [3.8, 4) is 0 Å². The monoisotopic (exact) mass is 279 g/mol. The number of carboxylic acids is 1. The number of para-hydroxylation sites is 1. The van der Waals surface area contributed by atoms with E-state index in [1.54, 1.807) is 0 Å². The van der Waals surface area contributed by atoms with Crippen molar-refractivity contribution in [2.75, 3.05) is 0 Å². The summed E-state index contributed by atoms with van der Waals surface area (Å²) in [5.41, 5.74) is 1.64. The molecule has 0 bridgehead atoms. The Hall–Kier alpha value is -1.42. The maximum Gasteiger partial charge on any atom is 0.304 e. The van der Waals surface area contributed by atoms with E-state index in [0.29, 0.717) is 0 Å². The number of pyridine rings is 1. The molecule has 1 atom stereocenters. The van der Waals surface area contributed by atoms with Crippen LogP contribution >= 0.6 is 15.9 Å². The summed E-state index contributed by atoms with van der Waals surface area (Å²) in [7, 11) is 0. The number of aromatic nitrogens is 1. The van der Waals surface area contributed by atoms with E-state index in [0.717, 1.165) is 16.6 Å². The number of hydrogen-bond donors (Lipinski definition) is 1. The summed E-state index contributed by atoms with van der Waals surface area (Å²) in [6, 6.07) is 11.6. The zero-order valence-corrected chi connectivity index (χ0v) is 10.0. The number of carboxylic acid groups (broad SMARTS) is 1. The van der Waals surface area contributed by atoms with Gasteiger partial charge in [0.25, 0.3) is 0 Å². The fourth-order valence-corrected chi connectivity index (χ4v) is 2.05. The Morgan fingerprint density at radius 1 is 1.31 bits per heavy atom. The van der Waals surface area contributed by atoms with Gasteiger partial charge in [-0.3, -0.25) is 9.78 Å². The van der Waals surface area contributed by atoms with Crippen LogP contribution in [0.5, 0.6) is 0 Å². The lowest BCUT2D eigenvalue weighted by molar-refractivity contribution is -0.136. The van der Waals surface area contributed by atoms with Gasteiger partial charge in [-0.15, -0.1) is 0 Å². The number of alkyl halides is 1. The fourth-order valence-electron chi connectivity index (χ4n) is 1.51. The molecule has 0 saturated carbocycles. The van der Waals surface area contributed by atoms with Crippen LogP contribution in [-0.2, 0) is 4.79 Å². The van der Waals surface area contributed by atoms with Gasteiger partial charge in [-0.1, -0.05) is 40.2 Å². The van der Waals surface area contributed by atoms with E-state index in [1.807, 2.05) is 36.4 Å². The largest absolute Gasteiger partial charge is 0.481 e. The number of benzene rings is 1. The van der Waals surface area contributed by atoms with Crippen LogP contribution in [0.25, 0.3) is 10.9 Å². The van der Waals surface area contributed by atoms with E-state index in [1.165, 1.54) is 0 Å². The SMILES string of the molecule is O=C(O)CC(Br)c1ccc2ccccc2n1. The zero-order chi connectivity index (χ0) is 11.5. The lowest BCUT2D eigenvalue weighted by Gasteiger charge is -2.07. The average molecular weight is 280 g/mol. The molecule has 3 nitrogen and oxygen atoms in total. The van der Waals surface area contributed by atoms with E-state index < -0.39 is 5.97 Å². The van der Waals surface area contributed by atoms with Gasteiger partial charge in [0.2, 0.25) is 0 Å². The predicted molar refractivity (Wildman–Crippen MR) is 65.7 cm³/mol.